The van der Waals surface area contributed by atoms with Crippen LogP contribution in [0.2, 0.25) is 0 Å². The summed E-state index contributed by atoms with van der Waals surface area (Å²) in [5.41, 5.74) is -1.26. The van der Waals surface area contributed by atoms with Crippen LogP contribution in [0.25, 0.3) is 0 Å². The van der Waals surface area contributed by atoms with E-state index in [4.69, 9.17) is 0 Å². The Balaban J connectivity index is 3.73. The highest BCUT2D eigenvalue weighted by molar-refractivity contribution is 7.98. The van der Waals surface area contributed by atoms with Crippen molar-refractivity contribution < 1.29 is 4.79 Å². The van der Waals surface area contributed by atoms with Gasteiger partial charge in [0.05, 0.1) is 0 Å². The fourth-order valence-corrected chi connectivity index (χ4v) is 1.86. The predicted octanol–water partition coefficient (Wildman–Crippen LogP) is 0.368. The summed E-state index contributed by atoms with van der Waals surface area (Å²) in [7, 11) is 0. The fraction of sp³-hybridized carbons (Fsp3) is 0.556. The second kappa shape index (κ2) is 4.65. The van der Waals surface area contributed by atoms with E-state index in [1.165, 1.54) is 6.92 Å². The zero-order chi connectivity index (χ0) is 12.5. The predicted molar refractivity (Wildman–Crippen MR) is 61.2 cm³/mol. The number of carbonyl (C=O) groups is 1. The van der Waals surface area contributed by atoms with Crippen molar-refractivity contribution in [2.45, 2.75) is 32.0 Å². The Hall–Kier alpha value is -1.37. The molecule has 0 N–H and O–H groups in total. The number of hydrogen-bond donors (Lipinski definition) is 0. The van der Waals surface area contributed by atoms with Gasteiger partial charge < -0.3 is 0 Å². The number of aromatic nitrogens is 3. The molecule has 0 spiro atoms. The first-order valence-electron chi connectivity index (χ1n) is 4.70. The van der Waals surface area contributed by atoms with Crippen LogP contribution in [0.3, 0.4) is 0 Å². The van der Waals surface area contributed by atoms with Crippen LogP contribution >= 0.6 is 11.8 Å². The largest absolute Gasteiger partial charge is 0.354 e. The van der Waals surface area contributed by atoms with Gasteiger partial charge in [-0.05, 0) is 20.1 Å². The lowest BCUT2D eigenvalue weighted by atomic mass is 10.4. The average Bonchev–Trinajstić information content (AvgIpc) is 2.14. The molecule has 88 valence electrons. The van der Waals surface area contributed by atoms with Gasteiger partial charge in [-0.1, -0.05) is 11.8 Å². The van der Waals surface area contributed by atoms with Crippen molar-refractivity contribution in [3.05, 3.63) is 21.0 Å². The van der Waals surface area contributed by atoms with Crippen LogP contribution in [-0.2, 0) is 0 Å². The van der Waals surface area contributed by atoms with Crippen molar-refractivity contribution in [1.29, 1.82) is 0 Å². The van der Waals surface area contributed by atoms with Crippen LogP contribution in [0.15, 0.2) is 14.7 Å². The average molecular weight is 243 g/mol. The molecule has 0 saturated heterocycles. The molecule has 0 radical (unpaired) electrons. The van der Waals surface area contributed by atoms with Crippen LogP contribution in [0, 0.1) is 0 Å². The van der Waals surface area contributed by atoms with Gasteiger partial charge in [0.1, 0.15) is 0 Å². The van der Waals surface area contributed by atoms with Crippen molar-refractivity contribution in [3.8, 4) is 0 Å². The molecule has 0 aliphatic heterocycles. The van der Waals surface area contributed by atoms with E-state index in [2.05, 4.69) is 4.98 Å². The second-order valence-electron chi connectivity index (χ2n) is 3.48. The summed E-state index contributed by atoms with van der Waals surface area (Å²) < 4.78 is 1.87. The minimum atomic E-state index is -0.633. The van der Waals surface area contributed by atoms with E-state index in [0.717, 1.165) is 20.9 Å². The van der Waals surface area contributed by atoms with E-state index in [0.29, 0.717) is 0 Å². The zero-order valence-electron chi connectivity index (χ0n) is 9.55. The van der Waals surface area contributed by atoms with Crippen LogP contribution in [0.5, 0.6) is 0 Å². The molecule has 16 heavy (non-hydrogen) atoms. The molecular weight excluding hydrogens is 230 g/mol. The maximum Gasteiger partial charge on any atom is 0.354 e. The summed E-state index contributed by atoms with van der Waals surface area (Å²) in [5.74, 6) is -0.448. The number of hydrogen-bond acceptors (Lipinski definition) is 5. The van der Waals surface area contributed by atoms with E-state index in [9.17, 15) is 14.4 Å². The van der Waals surface area contributed by atoms with Gasteiger partial charge in [0.2, 0.25) is 5.91 Å². The molecule has 0 atom stereocenters. The quantitative estimate of drug-likeness (QED) is 0.701. The number of thioether (sulfide) groups is 1. The van der Waals surface area contributed by atoms with Crippen LogP contribution < -0.4 is 11.4 Å². The van der Waals surface area contributed by atoms with E-state index in [-0.39, 0.29) is 11.2 Å². The molecule has 1 aromatic rings. The maximum absolute atomic E-state index is 11.9. The summed E-state index contributed by atoms with van der Waals surface area (Å²) in [6.45, 7) is 4.64. The van der Waals surface area contributed by atoms with Crippen LogP contribution in [0.1, 0.15) is 31.6 Å². The molecule has 1 heterocycles. The van der Waals surface area contributed by atoms with Gasteiger partial charge in [0, 0.05) is 13.0 Å². The van der Waals surface area contributed by atoms with Crippen molar-refractivity contribution in [3.63, 3.8) is 0 Å². The molecule has 1 aromatic heterocycles. The summed E-state index contributed by atoms with van der Waals surface area (Å²) in [6, 6.07) is -0.325. The second-order valence-corrected chi connectivity index (χ2v) is 4.26. The molecule has 0 saturated carbocycles. The molecule has 0 aliphatic rings. The van der Waals surface area contributed by atoms with Gasteiger partial charge in [-0.3, -0.25) is 4.79 Å². The first-order valence-corrected chi connectivity index (χ1v) is 5.93. The number of carbonyl (C=O) groups excluding carboxylic acids is 1. The van der Waals surface area contributed by atoms with Crippen LogP contribution in [-0.4, -0.2) is 26.3 Å². The number of rotatable bonds is 2. The lowest BCUT2D eigenvalue weighted by Gasteiger charge is -2.12. The van der Waals surface area contributed by atoms with E-state index < -0.39 is 17.3 Å². The van der Waals surface area contributed by atoms with Crippen molar-refractivity contribution in [1.82, 2.24) is 14.1 Å². The molecule has 0 bridgehead atoms. The minimum absolute atomic E-state index is 0.124. The molecule has 0 unspecified atom stereocenters. The van der Waals surface area contributed by atoms with Crippen molar-refractivity contribution in [2.75, 3.05) is 6.26 Å². The fourth-order valence-electron chi connectivity index (χ4n) is 1.31. The molecule has 0 fully saturated rings. The molecule has 7 heteroatoms. The Morgan fingerprint density at radius 2 is 1.94 bits per heavy atom. The third-order valence-electron chi connectivity index (χ3n) is 2.00. The zero-order valence-corrected chi connectivity index (χ0v) is 10.4. The van der Waals surface area contributed by atoms with Gasteiger partial charge in [-0.2, -0.15) is 4.98 Å². The van der Waals surface area contributed by atoms with Crippen molar-refractivity contribution >= 4 is 17.7 Å². The SMILES string of the molecule is CSc1nc(=O)n(C(C)C)c(=O)n1C(C)=O. The summed E-state index contributed by atoms with van der Waals surface area (Å²) in [5, 5.41) is 0.124. The molecular formula is C9H13N3O3S. The molecule has 0 amide bonds. The normalized spacial score (nSPS) is 10.8. The standard InChI is InChI=1S/C9H13N3O3S/c1-5(2)11-7(14)10-8(16-4)12(6(3)13)9(11)15/h5H,1-4H3. The molecule has 0 aliphatic carbocycles. The van der Waals surface area contributed by atoms with Crippen molar-refractivity contribution in [2.24, 2.45) is 0 Å². The van der Waals surface area contributed by atoms with Gasteiger partial charge >= 0.3 is 11.4 Å². The van der Waals surface area contributed by atoms with E-state index in [1.807, 2.05) is 0 Å². The summed E-state index contributed by atoms with van der Waals surface area (Å²) >= 11 is 1.09. The first-order chi connectivity index (χ1) is 7.40. The Morgan fingerprint density at radius 3 is 2.31 bits per heavy atom. The third-order valence-corrected chi connectivity index (χ3v) is 2.64. The third kappa shape index (κ3) is 2.08. The van der Waals surface area contributed by atoms with E-state index >= 15 is 0 Å². The first kappa shape index (κ1) is 12.7. The number of nitrogens with zero attached hydrogens (tertiary/aromatic N) is 3. The Morgan fingerprint density at radius 1 is 1.38 bits per heavy atom. The van der Waals surface area contributed by atoms with Gasteiger partial charge in [0.15, 0.2) is 5.16 Å². The monoisotopic (exact) mass is 243 g/mol. The lowest BCUT2D eigenvalue weighted by molar-refractivity contribution is 0.0913. The maximum atomic E-state index is 11.9. The highest BCUT2D eigenvalue weighted by Gasteiger charge is 2.16. The van der Waals surface area contributed by atoms with Crippen LogP contribution in [0.4, 0.5) is 0 Å². The summed E-state index contributed by atoms with van der Waals surface area (Å²) in [4.78, 5) is 38.5. The topological polar surface area (TPSA) is 74.0 Å². The molecule has 0 aromatic carbocycles. The smallest absolute Gasteiger partial charge is 0.274 e. The molecule has 6 nitrogen and oxygen atoms in total. The minimum Gasteiger partial charge on any atom is -0.274 e. The Kier molecular flexibility index (Phi) is 3.69. The molecule has 1 rings (SSSR count). The van der Waals surface area contributed by atoms with Gasteiger partial charge in [-0.15, -0.1) is 0 Å². The van der Waals surface area contributed by atoms with E-state index in [1.54, 1.807) is 20.1 Å². The highest BCUT2D eigenvalue weighted by Crippen LogP contribution is 2.07. The Bertz CT molecular complexity index is 530. The highest BCUT2D eigenvalue weighted by atomic mass is 32.2. The Labute approximate surface area is 96.3 Å². The van der Waals surface area contributed by atoms with Gasteiger partial charge in [-0.25, -0.2) is 18.7 Å². The summed E-state index contributed by atoms with van der Waals surface area (Å²) in [6.07, 6.45) is 1.65. The lowest BCUT2D eigenvalue weighted by Crippen LogP contribution is -2.44. The van der Waals surface area contributed by atoms with Gasteiger partial charge in [0.25, 0.3) is 0 Å².